The molecule has 2 N–H and O–H groups in total. The lowest BCUT2D eigenvalue weighted by Crippen LogP contribution is -2.20. The summed E-state index contributed by atoms with van der Waals surface area (Å²) in [6.07, 6.45) is -0.405. The summed E-state index contributed by atoms with van der Waals surface area (Å²) < 4.78 is 0. The zero-order chi connectivity index (χ0) is 12.0. The van der Waals surface area contributed by atoms with Crippen molar-refractivity contribution in [2.75, 3.05) is 13.1 Å². The van der Waals surface area contributed by atoms with Gasteiger partial charge in [0.05, 0.1) is 6.10 Å². The number of hydrogen-bond donors (Lipinski definition) is 2. The first kappa shape index (κ1) is 13.6. The molecule has 16 heavy (non-hydrogen) atoms. The molecule has 0 aliphatic rings. The molecule has 1 rings (SSSR count). The van der Waals surface area contributed by atoms with Gasteiger partial charge in [-0.3, -0.25) is 0 Å². The summed E-state index contributed by atoms with van der Waals surface area (Å²) in [4.78, 5) is 1.26. The van der Waals surface area contributed by atoms with Gasteiger partial charge < -0.3 is 10.4 Å². The number of likely N-dealkylation sites (N-methyl/N-ethyl adjacent to an activating group) is 1. The van der Waals surface area contributed by atoms with Crippen LogP contribution in [0.1, 0.15) is 32.4 Å². The monoisotopic (exact) mass is 239 g/mol. The first-order valence-electron chi connectivity index (χ1n) is 5.79. The van der Waals surface area contributed by atoms with Crippen LogP contribution in [0.4, 0.5) is 0 Å². The molecule has 0 saturated carbocycles. The summed E-state index contributed by atoms with van der Waals surface area (Å²) in [6, 6.07) is 8.17. The molecule has 3 heteroatoms. The minimum Gasteiger partial charge on any atom is -0.387 e. The van der Waals surface area contributed by atoms with E-state index in [9.17, 15) is 5.11 Å². The molecule has 1 aromatic rings. The SMILES string of the molecule is CCNCC(O)c1ccc(SC(C)C)cc1. The maximum atomic E-state index is 9.86. The van der Waals surface area contributed by atoms with Crippen LogP contribution in [0.15, 0.2) is 29.2 Å². The molecule has 0 bridgehead atoms. The second-order valence-electron chi connectivity index (χ2n) is 4.06. The maximum Gasteiger partial charge on any atom is 0.0914 e. The summed E-state index contributed by atoms with van der Waals surface area (Å²) >= 11 is 1.84. The number of rotatable bonds is 6. The number of nitrogens with one attached hydrogen (secondary N) is 1. The second-order valence-corrected chi connectivity index (χ2v) is 5.71. The van der Waals surface area contributed by atoms with E-state index in [1.54, 1.807) is 0 Å². The van der Waals surface area contributed by atoms with Gasteiger partial charge in [-0.25, -0.2) is 0 Å². The lowest BCUT2D eigenvalue weighted by molar-refractivity contribution is 0.175. The first-order valence-corrected chi connectivity index (χ1v) is 6.66. The summed E-state index contributed by atoms with van der Waals surface area (Å²) in [5.74, 6) is 0. The van der Waals surface area contributed by atoms with E-state index in [2.05, 4.69) is 31.3 Å². The first-order chi connectivity index (χ1) is 7.63. The molecule has 0 fully saturated rings. The normalized spacial score (nSPS) is 13.1. The minimum atomic E-state index is -0.405. The molecule has 2 nitrogen and oxygen atoms in total. The highest BCUT2D eigenvalue weighted by molar-refractivity contribution is 7.99. The molecular weight excluding hydrogens is 218 g/mol. The van der Waals surface area contributed by atoms with E-state index in [0.717, 1.165) is 12.1 Å². The number of hydrogen-bond acceptors (Lipinski definition) is 3. The molecule has 0 heterocycles. The summed E-state index contributed by atoms with van der Waals surface area (Å²) in [5, 5.41) is 13.6. The van der Waals surface area contributed by atoms with Gasteiger partial charge >= 0.3 is 0 Å². The Balaban J connectivity index is 2.56. The Morgan fingerprint density at radius 1 is 1.25 bits per heavy atom. The third-order valence-electron chi connectivity index (χ3n) is 2.22. The highest BCUT2D eigenvalue weighted by Gasteiger charge is 2.06. The van der Waals surface area contributed by atoms with Gasteiger partial charge in [0.15, 0.2) is 0 Å². The fraction of sp³-hybridized carbons (Fsp3) is 0.538. The predicted octanol–water partition coefficient (Wildman–Crippen LogP) is 2.83. The van der Waals surface area contributed by atoms with Crippen molar-refractivity contribution < 1.29 is 5.11 Å². The van der Waals surface area contributed by atoms with Crippen LogP contribution < -0.4 is 5.32 Å². The van der Waals surface area contributed by atoms with Crippen LogP contribution in [-0.2, 0) is 0 Å². The Bertz CT molecular complexity index is 297. The van der Waals surface area contributed by atoms with Crippen molar-refractivity contribution in [3.05, 3.63) is 29.8 Å². The Kier molecular flexibility index (Phi) is 5.88. The number of aliphatic hydroxyl groups is 1. The molecule has 90 valence electrons. The standard InChI is InChI=1S/C13H21NOS/c1-4-14-9-13(15)11-5-7-12(8-6-11)16-10(2)3/h5-8,10,13-15H,4,9H2,1-3H3. The highest BCUT2D eigenvalue weighted by atomic mass is 32.2. The third-order valence-corrected chi connectivity index (χ3v) is 3.24. The molecular formula is C13H21NOS. The number of aliphatic hydroxyl groups excluding tert-OH is 1. The van der Waals surface area contributed by atoms with Gasteiger partial charge in [0.1, 0.15) is 0 Å². The van der Waals surface area contributed by atoms with Crippen molar-refractivity contribution in [1.82, 2.24) is 5.32 Å². The predicted molar refractivity (Wildman–Crippen MR) is 70.9 cm³/mol. The van der Waals surface area contributed by atoms with Crippen molar-refractivity contribution in [3.63, 3.8) is 0 Å². The Morgan fingerprint density at radius 3 is 2.38 bits per heavy atom. The zero-order valence-electron chi connectivity index (χ0n) is 10.2. The molecule has 1 unspecified atom stereocenters. The van der Waals surface area contributed by atoms with E-state index < -0.39 is 6.10 Å². The zero-order valence-corrected chi connectivity index (χ0v) is 11.1. The Labute approximate surface area is 102 Å². The van der Waals surface area contributed by atoms with Crippen LogP contribution in [-0.4, -0.2) is 23.4 Å². The van der Waals surface area contributed by atoms with E-state index in [-0.39, 0.29) is 0 Å². The maximum absolute atomic E-state index is 9.86. The van der Waals surface area contributed by atoms with Gasteiger partial charge in [-0.1, -0.05) is 32.9 Å². The van der Waals surface area contributed by atoms with Crippen LogP contribution >= 0.6 is 11.8 Å². The van der Waals surface area contributed by atoms with Crippen molar-refractivity contribution in [3.8, 4) is 0 Å². The molecule has 1 aromatic carbocycles. The van der Waals surface area contributed by atoms with Crippen LogP contribution in [0, 0.1) is 0 Å². The van der Waals surface area contributed by atoms with Crippen molar-refractivity contribution in [2.24, 2.45) is 0 Å². The highest BCUT2D eigenvalue weighted by Crippen LogP contribution is 2.24. The molecule has 0 aromatic heterocycles. The fourth-order valence-electron chi connectivity index (χ4n) is 1.44. The topological polar surface area (TPSA) is 32.3 Å². The second kappa shape index (κ2) is 6.94. The summed E-state index contributed by atoms with van der Waals surface area (Å²) in [5.41, 5.74) is 0.981. The van der Waals surface area contributed by atoms with Crippen LogP contribution in [0.3, 0.4) is 0 Å². The van der Waals surface area contributed by atoms with Crippen molar-refractivity contribution >= 4 is 11.8 Å². The lowest BCUT2D eigenvalue weighted by atomic mass is 10.1. The van der Waals surface area contributed by atoms with Crippen LogP contribution in [0.25, 0.3) is 0 Å². The Hall–Kier alpha value is -0.510. The van der Waals surface area contributed by atoms with E-state index in [1.807, 2.05) is 30.8 Å². The molecule has 1 atom stereocenters. The fourth-order valence-corrected chi connectivity index (χ4v) is 2.28. The molecule has 0 saturated heterocycles. The Morgan fingerprint density at radius 2 is 1.88 bits per heavy atom. The van der Waals surface area contributed by atoms with Crippen LogP contribution in [0.5, 0.6) is 0 Å². The third kappa shape index (κ3) is 4.56. The average Bonchev–Trinajstić information content (AvgIpc) is 2.26. The van der Waals surface area contributed by atoms with E-state index in [0.29, 0.717) is 11.8 Å². The smallest absolute Gasteiger partial charge is 0.0914 e. The van der Waals surface area contributed by atoms with Crippen LogP contribution in [0.2, 0.25) is 0 Å². The van der Waals surface area contributed by atoms with Gasteiger partial charge in [0.2, 0.25) is 0 Å². The summed E-state index contributed by atoms with van der Waals surface area (Å²) in [7, 11) is 0. The quantitative estimate of drug-likeness (QED) is 0.749. The largest absolute Gasteiger partial charge is 0.387 e. The van der Waals surface area contributed by atoms with Gasteiger partial charge in [0, 0.05) is 16.7 Å². The average molecular weight is 239 g/mol. The van der Waals surface area contributed by atoms with Crippen molar-refractivity contribution in [2.45, 2.75) is 37.0 Å². The minimum absolute atomic E-state index is 0.405. The summed E-state index contributed by atoms with van der Waals surface area (Å²) in [6.45, 7) is 7.90. The van der Waals surface area contributed by atoms with E-state index >= 15 is 0 Å². The molecule has 0 aliphatic heterocycles. The van der Waals surface area contributed by atoms with Gasteiger partial charge in [-0.15, -0.1) is 11.8 Å². The lowest BCUT2D eigenvalue weighted by Gasteiger charge is -2.12. The molecule has 0 radical (unpaired) electrons. The van der Waals surface area contributed by atoms with E-state index in [1.165, 1.54) is 4.90 Å². The molecule has 0 amide bonds. The van der Waals surface area contributed by atoms with Gasteiger partial charge in [-0.05, 0) is 24.2 Å². The number of benzene rings is 1. The number of thioether (sulfide) groups is 1. The molecule has 0 spiro atoms. The van der Waals surface area contributed by atoms with Gasteiger partial charge in [0.25, 0.3) is 0 Å². The van der Waals surface area contributed by atoms with Crippen molar-refractivity contribution in [1.29, 1.82) is 0 Å². The molecule has 0 aliphatic carbocycles. The van der Waals surface area contributed by atoms with Gasteiger partial charge in [-0.2, -0.15) is 0 Å². The van der Waals surface area contributed by atoms with E-state index in [4.69, 9.17) is 0 Å².